The number of nitrogens with zero attached hydrogens (tertiary/aromatic N) is 1. The van der Waals surface area contributed by atoms with Crippen LogP contribution in [-0.2, 0) is 9.53 Å². The lowest BCUT2D eigenvalue weighted by atomic mass is 10.2. The molecule has 28 heavy (non-hydrogen) atoms. The van der Waals surface area contributed by atoms with Crippen molar-refractivity contribution in [1.29, 1.82) is 0 Å². The van der Waals surface area contributed by atoms with Gasteiger partial charge in [-0.05, 0) is 49.2 Å². The first-order chi connectivity index (χ1) is 13.4. The maximum Gasteiger partial charge on any atom is 0.338 e. The molecule has 2 aromatic carbocycles. The second kappa shape index (κ2) is 10.1. The normalized spacial score (nSPS) is 10.2. The number of rotatable bonds is 9. The van der Waals surface area contributed by atoms with Gasteiger partial charge in [-0.3, -0.25) is 14.9 Å². The predicted octanol–water partition coefficient (Wildman–Crippen LogP) is 3.88. The second-order valence-corrected chi connectivity index (χ2v) is 6.13. The van der Waals surface area contributed by atoms with Gasteiger partial charge in [-0.25, -0.2) is 4.79 Å². The molecule has 0 unspecified atom stereocenters. The number of hydrogen-bond acceptors (Lipinski definition) is 6. The Morgan fingerprint density at radius 2 is 1.86 bits per heavy atom. The average Bonchev–Trinajstić information content (AvgIpc) is 2.67. The van der Waals surface area contributed by atoms with E-state index in [4.69, 9.17) is 9.47 Å². The molecule has 0 bridgehead atoms. The average molecular weight is 386 g/mol. The van der Waals surface area contributed by atoms with Crippen molar-refractivity contribution >= 4 is 23.3 Å². The third-order valence-electron chi connectivity index (χ3n) is 3.81. The molecule has 2 rings (SSSR count). The van der Waals surface area contributed by atoms with Gasteiger partial charge in [0.2, 0.25) is 0 Å². The summed E-state index contributed by atoms with van der Waals surface area (Å²) in [6, 6.07) is 10.8. The van der Waals surface area contributed by atoms with E-state index in [0.29, 0.717) is 17.9 Å². The summed E-state index contributed by atoms with van der Waals surface area (Å²) in [6.07, 6.45) is 1.74. The molecule has 0 radical (unpaired) electrons. The first-order valence-corrected chi connectivity index (χ1v) is 8.85. The van der Waals surface area contributed by atoms with Gasteiger partial charge in [0, 0.05) is 11.8 Å². The first kappa shape index (κ1) is 20.9. The summed E-state index contributed by atoms with van der Waals surface area (Å²) in [7, 11) is 0. The molecule has 0 atom stereocenters. The van der Waals surface area contributed by atoms with E-state index >= 15 is 0 Å². The number of nitro benzene ring substituents is 1. The molecule has 2 aromatic rings. The van der Waals surface area contributed by atoms with Gasteiger partial charge in [0.15, 0.2) is 12.4 Å². The SMILES string of the molecule is CCCCOC(=O)c1ccc(NC(=O)COc2ccc(C)cc2[N+](=O)[O-])cc1. The molecule has 0 aromatic heterocycles. The van der Waals surface area contributed by atoms with Gasteiger partial charge in [0.1, 0.15) is 0 Å². The number of esters is 1. The summed E-state index contributed by atoms with van der Waals surface area (Å²) in [4.78, 5) is 34.4. The topological polar surface area (TPSA) is 108 Å². The van der Waals surface area contributed by atoms with E-state index < -0.39 is 16.8 Å². The number of hydrogen-bond donors (Lipinski definition) is 1. The van der Waals surface area contributed by atoms with Crippen molar-refractivity contribution in [3.8, 4) is 5.75 Å². The van der Waals surface area contributed by atoms with E-state index in [1.54, 1.807) is 37.3 Å². The molecule has 0 spiro atoms. The Bertz CT molecular complexity index is 848. The Hall–Kier alpha value is -3.42. The van der Waals surface area contributed by atoms with E-state index in [1.807, 2.05) is 6.92 Å². The summed E-state index contributed by atoms with van der Waals surface area (Å²) in [5.74, 6) is -0.870. The van der Waals surface area contributed by atoms with Crippen molar-refractivity contribution in [2.75, 3.05) is 18.5 Å². The Labute approximate surface area is 162 Å². The van der Waals surface area contributed by atoms with E-state index in [1.165, 1.54) is 12.1 Å². The Morgan fingerprint density at radius 3 is 2.50 bits per heavy atom. The summed E-state index contributed by atoms with van der Waals surface area (Å²) in [5.41, 5.74) is 1.38. The van der Waals surface area contributed by atoms with Crippen molar-refractivity contribution < 1.29 is 24.0 Å². The molecule has 8 nitrogen and oxygen atoms in total. The number of nitrogens with one attached hydrogen (secondary N) is 1. The Kier molecular flexibility index (Phi) is 7.50. The minimum Gasteiger partial charge on any atom is -0.477 e. The zero-order valence-corrected chi connectivity index (χ0v) is 15.8. The minimum absolute atomic E-state index is 0.0240. The lowest BCUT2D eigenvalue weighted by molar-refractivity contribution is -0.385. The Balaban J connectivity index is 1.90. The standard InChI is InChI=1S/C20H22N2O6/c1-3-4-11-27-20(24)15-6-8-16(9-7-15)21-19(23)13-28-18-10-5-14(2)12-17(18)22(25)26/h5-10,12H,3-4,11,13H2,1-2H3,(H,21,23). The van der Waals surface area contributed by atoms with Gasteiger partial charge in [-0.2, -0.15) is 0 Å². The second-order valence-electron chi connectivity index (χ2n) is 6.13. The maximum absolute atomic E-state index is 12.0. The van der Waals surface area contributed by atoms with Gasteiger partial charge < -0.3 is 14.8 Å². The zero-order valence-electron chi connectivity index (χ0n) is 15.8. The Morgan fingerprint density at radius 1 is 1.14 bits per heavy atom. The number of nitro groups is 1. The van der Waals surface area contributed by atoms with Crippen LogP contribution in [0.3, 0.4) is 0 Å². The van der Waals surface area contributed by atoms with Crippen molar-refractivity contribution in [1.82, 2.24) is 0 Å². The summed E-state index contributed by atoms with van der Waals surface area (Å²) >= 11 is 0. The number of aryl methyl sites for hydroxylation is 1. The van der Waals surface area contributed by atoms with Gasteiger partial charge in [0.25, 0.3) is 5.91 Å². The summed E-state index contributed by atoms with van der Waals surface area (Å²) in [6.45, 7) is 3.72. The number of anilines is 1. The molecule has 0 aliphatic carbocycles. The summed E-state index contributed by atoms with van der Waals surface area (Å²) in [5, 5.41) is 13.7. The van der Waals surface area contributed by atoms with Gasteiger partial charge in [0.05, 0.1) is 17.1 Å². The largest absolute Gasteiger partial charge is 0.477 e. The highest BCUT2D eigenvalue weighted by molar-refractivity contribution is 5.93. The molecule has 148 valence electrons. The van der Waals surface area contributed by atoms with Crippen LogP contribution in [0, 0.1) is 17.0 Å². The highest BCUT2D eigenvalue weighted by atomic mass is 16.6. The van der Waals surface area contributed by atoms with Crippen molar-refractivity contribution in [2.45, 2.75) is 26.7 Å². The highest BCUT2D eigenvalue weighted by Crippen LogP contribution is 2.27. The van der Waals surface area contributed by atoms with E-state index in [-0.39, 0.29) is 18.0 Å². The maximum atomic E-state index is 12.0. The molecular formula is C20H22N2O6. The molecule has 0 fully saturated rings. The number of benzene rings is 2. The molecule has 8 heteroatoms. The fourth-order valence-electron chi connectivity index (χ4n) is 2.31. The van der Waals surface area contributed by atoms with Crippen LogP contribution >= 0.6 is 0 Å². The molecule has 0 aliphatic heterocycles. The first-order valence-electron chi connectivity index (χ1n) is 8.85. The van der Waals surface area contributed by atoms with Crippen molar-refractivity contribution in [3.05, 3.63) is 63.7 Å². The zero-order chi connectivity index (χ0) is 20.5. The molecule has 0 saturated carbocycles. The number of amides is 1. The molecule has 0 saturated heterocycles. The quantitative estimate of drug-likeness (QED) is 0.303. The number of unbranched alkanes of at least 4 members (excludes halogenated alkanes) is 1. The fourth-order valence-corrected chi connectivity index (χ4v) is 2.31. The molecule has 1 N–H and O–H groups in total. The lowest BCUT2D eigenvalue weighted by Crippen LogP contribution is -2.20. The van der Waals surface area contributed by atoms with Gasteiger partial charge in [-0.15, -0.1) is 0 Å². The van der Waals surface area contributed by atoms with E-state index in [2.05, 4.69) is 5.32 Å². The van der Waals surface area contributed by atoms with E-state index in [0.717, 1.165) is 18.4 Å². The monoisotopic (exact) mass is 386 g/mol. The third-order valence-corrected chi connectivity index (χ3v) is 3.81. The molecular weight excluding hydrogens is 364 g/mol. The van der Waals surface area contributed by atoms with Gasteiger partial charge in [-0.1, -0.05) is 19.4 Å². The van der Waals surface area contributed by atoms with Crippen LogP contribution in [0.15, 0.2) is 42.5 Å². The number of carbonyl (C=O) groups excluding carboxylic acids is 2. The van der Waals surface area contributed by atoms with Crippen molar-refractivity contribution in [2.24, 2.45) is 0 Å². The smallest absolute Gasteiger partial charge is 0.338 e. The van der Waals surface area contributed by atoms with Crippen LogP contribution in [0.2, 0.25) is 0 Å². The number of ether oxygens (including phenoxy) is 2. The van der Waals surface area contributed by atoms with Crippen LogP contribution in [-0.4, -0.2) is 30.0 Å². The molecule has 0 heterocycles. The van der Waals surface area contributed by atoms with Crippen LogP contribution in [0.4, 0.5) is 11.4 Å². The van der Waals surface area contributed by atoms with E-state index in [9.17, 15) is 19.7 Å². The fraction of sp³-hybridized carbons (Fsp3) is 0.300. The minimum atomic E-state index is -0.557. The van der Waals surface area contributed by atoms with Crippen LogP contribution in [0.5, 0.6) is 5.75 Å². The predicted molar refractivity (Wildman–Crippen MR) is 104 cm³/mol. The van der Waals surface area contributed by atoms with Crippen LogP contribution in [0.25, 0.3) is 0 Å². The lowest BCUT2D eigenvalue weighted by Gasteiger charge is -2.09. The summed E-state index contributed by atoms with van der Waals surface area (Å²) < 4.78 is 10.4. The van der Waals surface area contributed by atoms with Gasteiger partial charge >= 0.3 is 11.7 Å². The molecule has 1 amide bonds. The third kappa shape index (κ3) is 6.08. The number of carbonyl (C=O) groups is 2. The van der Waals surface area contributed by atoms with Crippen molar-refractivity contribution in [3.63, 3.8) is 0 Å². The van der Waals surface area contributed by atoms with Crippen LogP contribution in [0.1, 0.15) is 35.7 Å². The highest BCUT2D eigenvalue weighted by Gasteiger charge is 2.16. The van der Waals surface area contributed by atoms with Crippen LogP contribution < -0.4 is 10.1 Å². The molecule has 0 aliphatic rings.